The van der Waals surface area contributed by atoms with Gasteiger partial charge >= 0.3 is 0 Å². The molecule has 0 aliphatic heterocycles. The molecule has 0 unspecified atom stereocenters. The van der Waals surface area contributed by atoms with Gasteiger partial charge in [0.2, 0.25) is 0 Å². The molecule has 0 saturated carbocycles. The van der Waals surface area contributed by atoms with Crippen molar-refractivity contribution in [2.45, 2.75) is 0 Å². The summed E-state index contributed by atoms with van der Waals surface area (Å²) in [6.45, 7) is -0.143. The van der Waals surface area contributed by atoms with E-state index in [1.54, 1.807) is 12.1 Å². The zero-order valence-electron chi connectivity index (χ0n) is 10.3. The molecule has 20 heavy (non-hydrogen) atoms. The molecule has 0 fully saturated rings. The Bertz CT molecular complexity index is 594. The molecule has 0 atom stereocenters. The summed E-state index contributed by atoms with van der Waals surface area (Å²) in [5.41, 5.74) is 10.7. The van der Waals surface area contributed by atoms with Gasteiger partial charge in [-0.3, -0.25) is 15.6 Å². The molecule has 0 aliphatic rings. The number of ether oxygens (including phenoxy) is 1. The van der Waals surface area contributed by atoms with Crippen LogP contribution in [0.1, 0.15) is 0 Å². The number of halogens is 1. The molecule has 1 aromatic heterocycles. The van der Waals surface area contributed by atoms with Crippen molar-refractivity contribution in [3.05, 3.63) is 41.8 Å². The number of nitrogens with two attached hydrogens (primary N) is 1. The maximum Gasteiger partial charge on any atom is 0.276 e. The molecule has 4 N–H and O–H groups in total. The lowest BCUT2D eigenvalue weighted by Crippen LogP contribution is -2.34. The molecular formula is C12H12ClN5O2. The number of rotatable bonds is 5. The van der Waals surface area contributed by atoms with Crippen molar-refractivity contribution in [3.63, 3.8) is 0 Å². The third-order valence-electron chi connectivity index (χ3n) is 2.27. The van der Waals surface area contributed by atoms with Crippen molar-refractivity contribution < 1.29 is 9.53 Å². The molecule has 1 aromatic carbocycles. The van der Waals surface area contributed by atoms with Crippen LogP contribution >= 0.6 is 11.6 Å². The summed E-state index contributed by atoms with van der Waals surface area (Å²) < 4.78 is 5.27. The van der Waals surface area contributed by atoms with E-state index in [0.717, 1.165) is 0 Å². The minimum absolute atomic E-state index is 0.109. The van der Waals surface area contributed by atoms with Crippen LogP contribution in [0.4, 0.5) is 11.5 Å². The molecule has 0 radical (unpaired) electrons. The van der Waals surface area contributed by atoms with Crippen LogP contribution in [0, 0.1) is 0 Å². The standard InChI is InChI=1S/C12H12ClN5O2/c13-11-10(14)12(16-7-15-11)18-17-9(19)6-20-8-4-2-1-3-5-8/h1-5,7H,6,14H2,(H,17,19)(H,15,16,18). The monoisotopic (exact) mass is 293 g/mol. The number of nitrogen functional groups attached to an aromatic ring is 1. The van der Waals surface area contributed by atoms with Crippen LogP contribution in [-0.4, -0.2) is 22.5 Å². The van der Waals surface area contributed by atoms with Gasteiger partial charge in [-0.1, -0.05) is 29.8 Å². The zero-order valence-corrected chi connectivity index (χ0v) is 11.1. The molecule has 0 aliphatic carbocycles. The molecule has 104 valence electrons. The molecule has 1 amide bonds. The molecule has 2 rings (SSSR count). The van der Waals surface area contributed by atoms with E-state index >= 15 is 0 Å². The van der Waals surface area contributed by atoms with E-state index in [1.807, 2.05) is 18.2 Å². The Morgan fingerprint density at radius 2 is 2.05 bits per heavy atom. The first-order valence-corrected chi connectivity index (χ1v) is 6.03. The van der Waals surface area contributed by atoms with E-state index in [-0.39, 0.29) is 29.2 Å². The van der Waals surface area contributed by atoms with Gasteiger partial charge in [0.25, 0.3) is 5.91 Å². The first kappa shape index (κ1) is 13.9. The van der Waals surface area contributed by atoms with Crippen LogP contribution < -0.4 is 21.3 Å². The average Bonchev–Trinajstić information content (AvgIpc) is 2.48. The molecule has 1 heterocycles. The molecular weight excluding hydrogens is 282 g/mol. The maximum atomic E-state index is 11.6. The lowest BCUT2D eigenvalue weighted by atomic mass is 10.3. The smallest absolute Gasteiger partial charge is 0.276 e. The quantitative estimate of drug-likeness (QED) is 0.566. The van der Waals surface area contributed by atoms with Gasteiger partial charge in [-0.05, 0) is 12.1 Å². The Kier molecular flexibility index (Phi) is 4.56. The van der Waals surface area contributed by atoms with Gasteiger partial charge in [0.15, 0.2) is 17.6 Å². The highest BCUT2D eigenvalue weighted by Gasteiger charge is 2.07. The number of carbonyl (C=O) groups excluding carboxylic acids is 1. The summed E-state index contributed by atoms with van der Waals surface area (Å²) >= 11 is 5.72. The third kappa shape index (κ3) is 3.72. The summed E-state index contributed by atoms with van der Waals surface area (Å²) in [6, 6.07) is 8.99. The Labute approximate surface area is 120 Å². The number of benzene rings is 1. The number of nitrogens with zero attached hydrogens (tertiary/aromatic N) is 2. The SMILES string of the molecule is Nc1c(Cl)ncnc1NNC(=O)COc1ccccc1. The van der Waals surface area contributed by atoms with Crippen LogP contribution in [0.3, 0.4) is 0 Å². The Balaban J connectivity index is 1.82. The van der Waals surface area contributed by atoms with Gasteiger partial charge in [-0.2, -0.15) is 0 Å². The molecule has 0 saturated heterocycles. The van der Waals surface area contributed by atoms with Crippen molar-refractivity contribution in [2.24, 2.45) is 0 Å². The molecule has 0 spiro atoms. The van der Waals surface area contributed by atoms with Crippen LogP contribution in [-0.2, 0) is 4.79 Å². The fraction of sp³-hybridized carbons (Fsp3) is 0.0833. The van der Waals surface area contributed by atoms with Crippen molar-refractivity contribution >= 4 is 29.0 Å². The van der Waals surface area contributed by atoms with Crippen LogP contribution in [0.5, 0.6) is 5.75 Å². The minimum Gasteiger partial charge on any atom is -0.484 e. The van der Waals surface area contributed by atoms with Gasteiger partial charge in [0.1, 0.15) is 17.8 Å². The van der Waals surface area contributed by atoms with E-state index in [0.29, 0.717) is 5.75 Å². The molecule has 2 aromatic rings. The third-order valence-corrected chi connectivity index (χ3v) is 2.57. The Hall–Kier alpha value is -2.54. The number of hydrogen-bond acceptors (Lipinski definition) is 6. The van der Waals surface area contributed by atoms with Gasteiger partial charge in [-0.15, -0.1) is 0 Å². The maximum absolute atomic E-state index is 11.6. The van der Waals surface area contributed by atoms with Gasteiger partial charge < -0.3 is 10.5 Å². The van der Waals surface area contributed by atoms with E-state index in [4.69, 9.17) is 22.1 Å². The molecule has 7 nitrogen and oxygen atoms in total. The number of amides is 1. The fourth-order valence-corrected chi connectivity index (χ4v) is 1.44. The lowest BCUT2D eigenvalue weighted by Gasteiger charge is -2.10. The van der Waals surface area contributed by atoms with Gasteiger partial charge in [0, 0.05) is 0 Å². The number of nitrogens with one attached hydrogen (secondary N) is 2. The van der Waals surface area contributed by atoms with E-state index in [1.165, 1.54) is 6.33 Å². The van der Waals surface area contributed by atoms with Crippen LogP contribution in [0.25, 0.3) is 0 Å². The van der Waals surface area contributed by atoms with Crippen molar-refractivity contribution in [2.75, 3.05) is 17.8 Å². The fourth-order valence-electron chi connectivity index (χ4n) is 1.30. The summed E-state index contributed by atoms with van der Waals surface area (Å²) in [6.07, 6.45) is 1.23. The first-order chi connectivity index (χ1) is 9.66. The van der Waals surface area contributed by atoms with E-state index in [9.17, 15) is 4.79 Å². The normalized spacial score (nSPS) is 9.85. The molecule has 0 bridgehead atoms. The highest BCUT2D eigenvalue weighted by molar-refractivity contribution is 6.32. The van der Waals surface area contributed by atoms with E-state index in [2.05, 4.69) is 20.8 Å². The summed E-state index contributed by atoms with van der Waals surface area (Å²) in [4.78, 5) is 19.1. The summed E-state index contributed by atoms with van der Waals surface area (Å²) in [5, 5.41) is 0.109. The second-order valence-electron chi connectivity index (χ2n) is 3.70. The average molecular weight is 294 g/mol. The Morgan fingerprint density at radius 3 is 2.80 bits per heavy atom. The van der Waals surface area contributed by atoms with Gasteiger partial charge in [-0.25, -0.2) is 9.97 Å². The second-order valence-corrected chi connectivity index (χ2v) is 4.06. The highest BCUT2D eigenvalue weighted by atomic mass is 35.5. The Morgan fingerprint density at radius 1 is 1.30 bits per heavy atom. The second kappa shape index (κ2) is 6.58. The predicted molar refractivity (Wildman–Crippen MR) is 75.2 cm³/mol. The number of hydrazine groups is 1. The van der Waals surface area contributed by atoms with Crippen LogP contribution in [0.15, 0.2) is 36.7 Å². The van der Waals surface area contributed by atoms with Gasteiger partial charge in [0.05, 0.1) is 0 Å². The minimum atomic E-state index is -0.386. The van der Waals surface area contributed by atoms with E-state index < -0.39 is 0 Å². The topological polar surface area (TPSA) is 102 Å². The summed E-state index contributed by atoms with van der Waals surface area (Å²) in [5.74, 6) is 0.438. The zero-order chi connectivity index (χ0) is 14.4. The van der Waals surface area contributed by atoms with Crippen molar-refractivity contribution in [3.8, 4) is 5.75 Å². The van der Waals surface area contributed by atoms with Crippen LogP contribution in [0.2, 0.25) is 5.15 Å². The van der Waals surface area contributed by atoms with Crippen molar-refractivity contribution in [1.82, 2.24) is 15.4 Å². The largest absolute Gasteiger partial charge is 0.484 e. The number of aromatic nitrogens is 2. The summed E-state index contributed by atoms with van der Waals surface area (Å²) in [7, 11) is 0. The first-order valence-electron chi connectivity index (χ1n) is 5.65. The predicted octanol–water partition coefficient (Wildman–Crippen LogP) is 1.23. The number of carbonyl (C=O) groups is 1. The van der Waals surface area contributed by atoms with Crippen molar-refractivity contribution in [1.29, 1.82) is 0 Å². The highest BCUT2D eigenvalue weighted by Crippen LogP contribution is 2.20. The molecule has 8 heteroatoms. The number of hydrogen-bond donors (Lipinski definition) is 3. The number of anilines is 2. The lowest BCUT2D eigenvalue weighted by molar-refractivity contribution is -0.122. The number of para-hydroxylation sites is 1.